The number of pyridine rings is 1. The van der Waals surface area contributed by atoms with Crippen LogP contribution < -0.4 is 9.30 Å². The molecule has 0 saturated heterocycles. The van der Waals surface area contributed by atoms with E-state index in [0.717, 1.165) is 72.3 Å². The zero-order valence-corrected chi connectivity index (χ0v) is 41.1. The van der Waals surface area contributed by atoms with Crippen molar-refractivity contribution in [2.45, 2.75) is 26.2 Å². The molecule has 0 saturated carbocycles. The van der Waals surface area contributed by atoms with Gasteiger partial charge < -0.3 is 13.9 Å². The normalized spacial score (nSPS) is 11.5. The Morgan fingerprint density at radius 1 is 0.486 bits per heavy atom. The third-order valence-corrected chi connectivity index (χ3v) is 13.0. The van der Waals surface area contributed by atoms with Gasteiger partial charge in [0.15, 0.2) is 0 Å². The van der Waals surface area contributed by atoms with E-state index >= 15 is 0 Å². The molecule has 0 radical (unpaired) electrons. The van der Waals surface area contributed by atoms with Crippen molar-refractivity contribution in [3.05, 3.63) is 249 Å². The van der Waals surface area contributed by atoms with Crippen molar-refractivity contribution in [1.29, 1.82) is 0 Å². The van der Waals surface area contributed by atoms with Crippen LogP contribution in [-0.2, 0) is 26.5 Å². The average Bonchev–Trinajstić information content (AvgIpc) is 3.95. The molecule has 0 aliphatic carbocycles. The van der Waals surface area contributed by atoms with E-state index in [1.54, 1.807) is 0 Å². The van der Waals surface area contributed by atoms with Crippen molar-refractivity contribution in [3.63, 3.8) is 0 Å². The van der Waals surface area contributed by atoms with E-state index in [2.05, 4.69) is 253 Å². The number of imidazole rings is 1. The fraction of sp³-hybridized carbons (Fsp3) is 0.0625. The Kier molecular flexibility index (Phi) is 11.7. The van der Waals surface area contributed by atoms with Crippen LogP contribution in [0.5, 0.6) is 11.5 Å². The van der Waals surface area contributed by atoms with E-state index in [-0.39, 0.29) is 26.5 Å². The Hall–Kier alpha value is -8.11. The second-order valence-electron chi connectivity index (χ2n) is 18.4. The predicted molar refractivity (Wildman–Crippen MR) is 280 cm³/mol. The molecule has 3 aromatic heterocycles. The van der Waals surface area contributed by atoms with Crippen molar-refractivity contribution in [3.8, 4) is 73.2 Å². The number of rotatable bonds is 9. The smallest absolute Gasteiger partial charge is 0.268 e. The first-order valence-corrected chi connectivity index (χ1v) is 23.4. The van der Waals surface area contributed by atoms with Gasteiger partial charge in [-0.2, -0.15) is 18.2 Å². The van der Waals surface area contributed by atoms with Crippen LogP contribution >= 0.6 is 0 Å². The standard InChI is InChI=1S/C64H46N4O.Pt/c1-64(2,3)50-38-39-65-62(40-50)68-58-25-11-10-22-56(58)57-37-36-53(42-61(57)68)69-52-21-14-20-51(41-52)66-43-67(60-27-13-12-26-59(60)66)63-54(48-32-28-46(29-33-48)44-16-6-4-7-17-44)23-15-24-55(63)49-34-30-47(31-35-49)45-18-8-5-9-19-45;/h4-40H,1-3H3;/q-2;. The number of nitrogens with zero attached hydrogens (tertiary/aromatic N) is 4. The minimum Gasteiger partial charge on any atom is -0.510 e. The van der Waals surface area contributed by atoms with Gasteiger partial charge in [0.05, 0.1) is 16.7 Å². The van der Waals surface area contributed by atoms with Gasteiger partial charge in [0.1, 0.15) is 5.82 Å². The molecule has 0 spiro atoms. The summed E-state index contributed by atoms with van der Waals surface area (Å²) in [7, 11) is 0. The zero-order valence-electron chi connectivity index (χ0n) is 38.9. The topological polar surface area (TPSA) is 35.9 Å². The predicted octanol–water partition coefficient (Wildman–Crippen LogP) is 15.6. The van der Waals surface area contributed by atoms with Gasteiger partial charge in [0.25, 0.3) is 6.33 Å². The molecule has 0 aliphatic heterocycles. The summed E-state index contributed by atoms with van der Waals surface area (Å²) in [6.07, 6.45) is 5.71. The summed E-state index contributed by atoms with van der Waals surface area (Å²) in [5.74, 6) is 1.99. The number of hydrogen-bond donors (Lipinski definition) is 0. The van der Waals surface area contributed by atoms with Crippen LogP contribution in [0.1, 0.15) is 26.3 Å². The van der Waals surface area contributed by atoms with Crippen LogP contribution in [0.3, 0.4) is 0 Å². The summed E-state index contributed by atoms with van der Waals surface area (Å²) in [6, 6.07) is 83.9. The molecule has 0 fully saturated rings. The van der Waals surface area contributed by atoms with Crippen molar-refractivity contribution in [1.82, 2.24) is 14.1 Å². The third kappa shape index (κ3) is 8.23. The van der Waals surface area contributed by atoms with E-state index in [4.69, 9.17) is 9.72 Å². The minimum absolute atomic E-state index is 0. The van der Waals surface area contributed by atoms with Gasteiger partial charge in [-0.15, -0.1) is 29.7 Å². The van der Waals surface area contributed by atoms with Crippen LogP contribution in [-0.4, -0.2) is 14.1 Å². The summed E-state index contributed by atoms with van der Waals surface area (Å²) < 4.78 is 13.2. The monoisotopic (exact) mass is 1080 g/mol. The Bertz CT molecular complexity index is 3730. The minimum atomic E-state index is -0.0348. The summed E-state index contributed by atoms with van der Waals surface area (Å²) in [5, 5.41) is 2.21. The fourth-order valence-corrected chi connectivity index (χ4v) is 9.52. The summed E-state index contributed by atoms with van der Waals surface area (Å²) in [6.45, 7) is 6.67. The van der Waals surface area contributed by atoms with E-state index in [1.807, 2.05) is 24.4 Å². The average molecular weight is 1080 g/mol. The van der Waals surface area contributed by atoms with E-state index in [1.165, 1.54) is 27.8 Å². The molecule has 0 unspecified atom stereocenters. The quantitative estimate of drug-likeness (QED) is 0.107. The molecule has 70 heavy (non-hydrogen) atoms. The Balaban J connectivity index is 0.00000533. The number of hydrogen-bond acceptors (Lipinski definition) is 2. The van der Waals surface area contributed by atoms with E-state index in [0.29, 0.717) is 11.5 Å². The van der Waals surface area contributed by atoms with Crippen LogP contribution in [0.2, 0.25) is 0 Å². The van der Waals surface area contributed by atoms with Crippen LogP contribution in [0.4, 0.5) is 0 Å². The van der Waals surface area contributed by atoms with Gasteiger partial charge in [0, 0.05) is 44.3 Å². The largest absolute Gasteiger partial charge is 0.510 e. The molecule has 0 aliphatic rings. The zero-order chi connectivity index (χ0) is 46.5. The second-order valence-corrected chi connectivity index (χ2v) is 18.4. The molecule has 9 aromatic carbocycles. The maximum absolute atomic E-state index is 6.68. The number of aromatic nitrogens is 4. The fourth-order valence-electron chi connectivity index (χ4n) is 9.52. The van der Waals surface area contributed by atoms with Crippen molar-refractivity contribution < 1.29 is 30.4 Å². The summed E-state index contributed by atoms with van der Waals surface area (Å²) in [5.41, 5.74) is 16.1. The first-order valence-electron chi connectivity index (χ1n) is 23.4. The van der Waals surface area contributed by atoms with Crippen molar-refractivity contribution in [2.24, 2.45) is 0 Å². The molecule has 0 atom stereocenters. The van der Waals surface area contributed by atoms with Gasteiger partial charge >= 0.3 is 0 Å². The molecule has 0 N–H and O–H groups in total. The van der Waals surface area contributed by atoms with Gasteiger partial charge in [0.2, 0.25) is 0 Å². The molecular formula is C64H46N4OPt-2. The number of benzene rings is 9. The Labute approximate surface area is 422 Å². The van der Waals surface area contributed by atoms with Crippen LogP contribution in [0, 0.1) is 18.5 Å². The second kappa shape index (κ2) is 18.4. The van der Waals surface area contributed by atoms with E-state index in [9.17, 15) is 0 Å². The molecule has 0 bridgehead atoms. The van der Waals surface area contributed by atoms with Crippen LogP contribution in [0.25, 0.3) is 94.5 Å². The first-order chi connectivity index (χ1) is 33.8. The molecule has 340 valence electrons. The summed E-state index contributed by atoms with van der Waals surface area (Å²) in [4.78, 5) is 4.87. The molecule has 5 nitrogen and oxygen atoms in total. The molecular weight excluding hydrogens is 1040 g/mol. The Morgan fingerprint density at radius 3 is 1.70 bits per heavy atom. The maximum atomic E-state index is 6.68. The number of ether oxygens (including phenoxy) is 1. The maximum Gasteiger partial charge on any atom is 0.268 e. The van der Waals surface area contributed by atoms with Crippen molar-refractivity contribution >= 4 is 32.8 Å². The third-order valence-electron chi connectivity index (χ3n) is 13.0. The molecule has 12 aromatic rings. The Morgan fingerprint density at radius 2 is 1.04 bits per heavy atom. The molecule has 6 heteroatoms. The first kappa shape index (κ1) is 44.4. The summed E-state index contributed by atoms with van der Waals surface area (Å²) >= 11 is 0. The molecule has 12 rings (SSSR count). The van der Waals surface area contributed by atoms with Crippen LogP contribution in [0.15, 0.2) is 225 Å². The van der Waals surface area contributed by atoms with Gasteiger partial charge in [-0.3, -0.25) is 4.57 Å². The SMILES string of the molecule is CC(C)(C)c1ccnc(-n2c3[c-]c(Oc4[c-]c(-n5[c-][n+](-c6c(-c7ccc(-c8ccccc8)cc7)cccc6-c6ccc(-c7ccccc7)cc6)c6ccccc65)ccc4)ccc3c3ccccc32)c1.[Pt]. The van der Waals surface area contributed by atoms with E-state index < -0.39 is 0 Å². The van der Waals surface area contributed by atoms with Gasteiger partial charge in [-0.1, -0.05) is 196 Å². The molecule has 0 amide bonds. The van der Waals surface area contributed by atoms with Gasteiger partial charge in [-0.25, -0.2) is 4.98 Å². The number of para-hydroxylation sites is 4. The van der Waals surface area contributed by atoms with Crippen molar-refractivity contribution in [2.75, 3.05) is 0 Å². The van der Waals surface area contributed by atoms with Gasteiger partial charge in [-0.05, 0) is 84.8 Å². The number of fused-ring (bicyclic) bond motifs is 4. The molecule has 3 heterocycles.